The Bertz CT molecular complexity index is 588. The molecule has 4 heteroatoms. The van der Waals surface area contributed by atoms with Gasteiger partial charge in [-0.2, -0.15) is 5.26 Å². The Morgan fingerprint density at radius 3 is 2.44 bits per heavy atom. The zero-order valence-corrected chi connectivity index (χ0v) is 12.0. The molecule has 2 aromatic rings. The molecule has 0 aliphatic carbocycles. The van der Waals surface area contributed by atoms with Crippen LogP contribution in [-0.2, 0) is 6.42 Å². The summed E-state index contributed by atoms with van der Waals surface area (Å²) >= 11 is 5.07. The minimum atomic E-state index is 0.348. The first-order valence-electron chi connectivity index (χ1n) is 5.38. The normalized spacial score (nSPS) is 10.0. The summed E-state index contributed by atoms with van der Waals surface area (Å²) in [5.74, 6) is 0. The highest BCUT2D eigenvalue weighted by Gasteiger charge is 2.03. The quantitative estimate of drug-likeness (QED) is 0.861. The van der Waals surface area contributed by atoms with Crippen LogP contribution in [0.1, 0.15) is 5.56 Å². The van der Waals surface area contributed by atoms with E-state index in [0.717, 1.165) is 19.8 Å². The summed E-state index contributed by atoms with van der Waals surface area (Å²) in [6.07, 6.45) is 0.348. The molecule has 0 amide bonds. The SMILES string of the molecule is N#CCc1cc(Sc2ccc(Br)cc2)ccc1N. The standard InChI is InChI=1S/C14H11BrN2S/c15-11-1-3-12(4-2-11)18-13-5-6-14(17)10(9-13)7-8-16/h1-6,9H,7,17H2. The summed E-state index contributed by atoms with van der Waals surface area (Å²) in [7, 11) is 0. The van der Waals surface area contributed by atoms with Crippen LogP contribution in [0.3, 0.4) is 0 Å². The number of hydrogen-bond acceptors (Lipinski definition) is 3. The van der Waals surface area contributed by atoms with E-state index in [0.29, 0.717) is 12.1 Å². The average Bonchev–Trinajstić information content (AvgIpc) is 2.37. The molecule has 0 unspecified atom stereocenters. The van der Waals surface area contributed by atoms with Gasteiger partial charge in [0.25, 0.3) is 0 Å². The summed E-state index contributed by atoms with van der Waals surface area (Å²) in [6, 6.07) is 16.1. The van der Waals surface area contributed by atoms with Crippen LogP contribution in [0.25, 0.3) is 0 Å². The van der Waals surface area contributed by atoms with Crippen LogP contribution in [0.5, 0.6) is 0 Å². The van der Waals surface area contributed by atoms with Gasteiger partial charge in [0.15, 0.2) is 0 Å². The molecular formula is C14H11BrN2S. The Balaban J connectivity index is 2.22. The maximum Gasteiger partial charge on any atom is 0.0670 e. The number of anilines is 1. The van der Waals surface area contributed by atoms with Crippen molar-refractivity contribution in [2.45, 2.75) is 16.2 Å². The van der Waals surface area contributed by atoms with Crippen molar-refractivity contribution in [3.63, 3.8) is 0 Å². The number of nitriles is 1. The molecule has 18 heavy (non-hydrogen) atoms. The monoisotopic (exact) mass is 318 g/mol. The minimum absolute atomic E-state index is 0.348. The Morgan fingerprint density at radius 2 is 1.78 bits per heavy atom. The third kappa shape index (κ3) is 3.28. The van der Waals surface area contributed by atoms with E-state index >= 15 is 0 Å². The lowest BCUT2D eigenvalue weighted by molar-refractivity contribution is 1.23. The molecule has 0 heterocycles. The molecule has 0 saturated heterocycles. The molecule has 2 rings (SSSR count). The second-order valence-corrected chi connectivity index (χ2v) is 5.81. The highest BCUT2D eigenvalue weighted by molar-refractivity contribution is 9.10. The van der Waals surface area contributed by atoms with Crippen LogP contribution in [0.2, 0.25) is 0 Å². The highest BCUT2D eigenvalue weighted by atomic mass is 79.9. The average molecular weight is 319 g/mol. The van der Waals surface area contributed by atoms with Crippen molar-refractivity contribution in [1.29, 1.82) is 5.26 Å². The number of benzene rings is 2. The van der Waals surface area contributed by atoms with Crippen LogP contribution in [0.15, 0.2) is 56.7 Å². The summed E-state index contributed by atoms with van der Waals surface area (Å²) in [5, 5.41) is 8.74. The fourth-order valence-electron chi connectivity index (χ4n) is 1.52. The van der Waals surface area contributed by atoms with E-state index in [4.69, 9.17) is 11.0 Å². The molecule has 0 fully saturated rings. The molecule has 0 atom stereocenters. The second kappa shape index (κ2) is 5.94. The first-order valence-corrected chi connectivity index (χ1v) is 6.99. The molecule has 0 bridgehead atoms. The van der Waals surface area contributed by atoms with E-state index in [9.17, 15) is 0 Å². The van der Waals surface area contributed by atoms with Gasteiger partial charge in [-0.25, -0.2) is 0 Å². The first kappa shape index (κ1) is 13.0. The number of rotatable bonds is 3. The lowest BCUT2D eigenvalue weighted by Gasteiger charge is -2.06. The van der Waals surface area contributed by atoms with Crippen LogP contribution in [0.4, 0.5) is 5.69 Å². The number of nitrogens with two attached hydrogens (primary N) is 1. The van der Waals surface area contributed by atoms with E-state index in [2.05, 4.69) is 34.1 Å². The van der Waals surface area contributed by atoms with Crippen molar-refractivity contribution < 1.29 is 0 Å². The molecular weight excluding hydrogens is 308 g/mol. The molecule has 2 N–H and O–H groups in total. The number of nitrogens with zero attached hydrogens (tertiary/aromatic N) is 1. The van der Waals surface area contributed by atoms with Gasteiger partial charge >= 0.3 is 0 Å². The molecule has 0 aromatic heterocycles. The molecule has 2 aromatic carbocycles. The predicted molar refractivity (Wildman–Crippen MR) is 78.4 cm³/mol. The van der Waals surface area contributed by atoms with Gasteiger partial charge in [0, 0.05) is 20.0 Å². The third-order valence-corrected chi connectivity index (χ3v) is 3.96. The van der Waals surface area contributed by atoms with Crippen molar-refractivity contribution in [3.05, 3.63) is 52.5 Å². The topological polar surface area (TPSA) is 49.8 Å². The Labute approximate surface area is 119 Å². The predicted octanol–water partition coefficient (Wildman–Crippen LogP) is 4.25. The van der Waals surface area contributed by atoms with Crippen molar-refractivity contribution in [2.24, 2.45) is 0 Å². The van der Waals surface area contributed by atoms with Crippen molar-refractivity contribution >= 4 is 33.4 Å². The smallest absolute Gasteiger partial charge is 0.0670 e. The summed E-state index contributed by atoms with van der Waals surface area (Å²) in [6.45, 7) is 0. The van der Waals surface area contributed by atoms with Gasteiger partial charge in [-0.15, -0.1) is 0 Å². The van der Waals surface area contributed by atoms with E-state index in [1.54, 1.807) is 11.8 Å². The summed E-state index contributed by atoms with van der Waals surface area (Å²) in [4.78, 5) is 2.25. The fraction of sp³-hybridized carbons (Fsp3) is 0.0714. The molecule has 0 saturated carbocycles. The highest BCUT2D eigenvalue weighted by Crippen LogP contribution is 2.30. The van der Waals surface area contributed by atoms with Gasteiger partial charge < -0.3 is 5.73 Å². The second-order valence-electron chi connectivity index (χ2n) is 3.75. The molecule has 0 aliphatic rings. The summed E-state index contributed by atoms with van der Waals surface area (Å²) in [5.41, 5.74) is 7.39. The maximum absolute atomic E-state index is 8.74. The van der Waals surface area contributed by atoms with Gasteiger partial charge in [-0.3, -0.25) is 0 Å². The number of halogens is 1. The van der Waals surface area contributed by atoms with Crippen LogP contribution in [-0.4, -0.2) is 0 Å². The van der Waals surface area contributed by atoms with Crippen LogP contribution < -0.4 is 5.73 Å². The van der Waals surface area contributed by atoms with Crippen LogP contribution >= 0.6 is 27.7 Å². The van der Waals surface area contributed by atoms with Crippen molar-refractivity contribution in [2.75, 3.05) is 5.73 Å². The molecule has 90 valence electrons. The minimum Gasteiger partial charge on any atom is -0.398 e. The van der Waals surface area contributed by atoms with Gasteiger partial charge in [-0.05, 0) is 48.0 Å². The summed E-state index contributed by atoms with van der Waals surface area (Å²) < 4.78 is 1.06. The Hall–Kier alpha value is -1.44. The van der Waals surface area contributed by atoms with E-state index in [1.807, 2.05) is 30.3 Å². The molecule has 0 aliphatic heterocycles. The Kier molecular flexibility index (Phi) is 4.29. The largest absolute Gasteiger partial charge is 0.398 e. The van der Waals surface area contributed by atoms with Crippen molar-refractivity contribution in [1.82, 2.24) is 0 Å². The lowest BCUT2D eigenvalue weighted by atomic mass is 10.1. The van der Waals surface area contributed by atoms with Crippen molar-refractivity contribution in [3.8, 4) is 6.07 Å². The third-order valence-electron chi connectivity index (χ3n) is 2.43. The fourth-order valence-corrected chi connectivity index (χ4v) is 2.67. The van der Waals surface area contributed by atoms with E-state index in [1.165, 1.54) is 0 Å². The zero-order chi connectivity index (χ0) is 13.0. The molecule has 0 spiro atoms. The van der Waals surface area contributed by atoms with E-state index < -0.39 is 0 Å². The number of nitrogen functional groups attached to an aromatic ring is 1. The molecule has 0 radical (unpaired) electrons. The Morgan fingerprint density at radius 1 is 1.11 bits per heavy atom. The maximum atomic E-state index is 8.74. The first-order chi connectivity index (χ1) is 8.69. The van der Waals surface area contributed by atoms with Crippen LogP contribution in [0, 0.1) is 11.3 Å². The van der Waals surface area contributed by atoms with Gasteiger partial charge in [-0.1, -0.05) is 27.7 Å². The zero-order valence-electron chi connectivity index (χ0n) is 9.56. The van der Waals surface area contributed by atoms with Gasteiger partial charge in [0.2, 0.25) is 0 Å². The van der Waals surface area contributed by atoms with Gasteiger partial charge in [0.05, 0.1) is 12.5 Å². The van der Waals surface area contributed by atoms with E-state index in [-0.39, 0.29) is 0 Å². The van der Waals surface area contributed by atoms with Gasteiger partial charge in [0.1, 0.15) is 0 Å². The molecule has 2 nitrogen and oxygen atoms in total. The number of hydrogen-bond donors (Lipinski definition) is 1. The lowest BCUT2D eigenvalue weighted by Crippen LogP contribution is -1.93.